The Morgan fingerprint density at radius 1 is 1.14 bits per heavy atom. The number of ether oxygens (including phenoxy) is 1. The van der Waals surface area contributed by atoms with Gasteiger partial charge in [-0.1, -0.05) is 41.9 Å². The lowest BCUT2D eigenvalue weighted by molar-refractivity contribution is -0.117. The van der Waals surface area contributed by atoms with Crippen LogP contribution in [0.3, 0.4) is 0 Å². The summed E-state index contributed by atoms with van der Waals surface area (Å²) in [6.45, 7) is 0. The van der Waals surface area contributed by atoms with Crippen LogP contribution in [0.25, 0.3) is 0 Å². The maximum atomic E-state index is 11.4. The summed E-state index contributed by atoms with van der Waals surface area (Å²) < 4.78 is 6.02. The van der Waals surface area contributed by atoms with Gasteiger partial charge in [-0.2, -0.15) is 0 Å². The van der Waals surface area contributed by atoms with Gasteiger partial charge in [0.1, 0.15) is 17.6 Å². The van der Waals surface area contributed by atoms with E-state index in [1.165, 1.54) is 5.56 Å². The van der Waals surface area contributed by atoms with E-state index in [0.29, 0.717) is 23.6 Å². The second-order valence-corrected chi connectivity index (χ2v) is 5.87. The Balaban J connectivity index is 1.81. The van der Waals surface area contributed by atoms with Crippen LogP contribution < -0.4 is 4.74 Å². The molecule has 3 rings (SSSR count). The van der Waals surface area contributed by atoms with Gasteiger partial charge in [0.2, 0.25) is 0 Å². The van der Waals surface area contributed by atoms with Crippen LogP contribution >= 0.6 is 11.6 Å². The lowest BCUT2D eigenvalue weighted by Crippen LogP contribution is -2.13. The first-order valence-corrected chi connectivity index (χ1v) is 7.59. The van der Waals surface area contributed by atoms with Crippen molar-refractivity contribution in [2.24, 2.45) is 0 Å². The molecule has 2 aromatic carbocycles. The maximum Gasteiger partial charge on any atom is 0.136 e. The fraction of sp³-hybridized carbons (Fsp3) is 0.278. The van der Waals surface area contributed by atoms with E-state index in [-0.39, 0.29) is 6.10 Å². The van der Waals surface area contributed by atoms with E-state index in [2.05, 4.69) is 12.1 Å². The highest BCUT2D eigenvalue weighted by Crippen LogP contribution is 2.29. The SMILES string of the molecule is O=C1CCC(Oc2ccc(Cl)cc2Cc2ccccc2)C1. The molecular weight excluding hydrogens is 284 g/mol. The number of halogens is 1. The van der Waals surface area contributed by atoms with E-state index >= 15 is 0 Å². The first kappa shape index (κ1) is 14.2. The summed E-state index contributed by atoms with van der Waals surface area (Å²) >= 11 is 6.11. The van der Waals surface area contributed by atoms with Gasteiger partial charge >= 0.3 is 0 Å². The smallest absolute Gasteiger partial charge is 0.136 e. The van der Waals surface area contributed by atoms with Crippen LogP contribution in [-0.4, -0.2) is 11.9 Å². The molecule has 0 spiro atoms. The minimum absolute atomic E-state index is 0.00759. The minimum atomic E-state index is 0.00759. The molecule has 1 aliphatic carbocycles. The first-order chi connectivity index (χ1) is 10.2. The number of benzene rings is 2. The topological polar surface area (TPSA) is 26.3 Å². The zero-order valence-electron chi connectivity index (χ0n) is 11.7. The van der Waals surface area contributed by atoms with Crippen LogP contribution in [0.2, 0.25) is 5.02 Å². The van der Waals surface area contributed by atoms with E-state index in [9.17, 15) is 4.79 Å². The predicted octanol–water partition coefficient (Wildman–Crippen LogP) is 4.43. The Bertz CT molecular complexity index is 637. The summed E-state index contributed by atoms with van der Waals surface area (Å²) in [5.74, 6) is 1.13. The number of ketones is 1. The van der Waals surface area contributed by atoms with Crippen molar-refractivity contribution in [3.8, 4) is 5.75 Å². The Morgan fingerprint density at radius 3 is 2.67 bits per heavy atom. The molecule has 1 fully saturated rings. The fourth-order valence-corrected chi connectivity index (χ4v) is 2.87. The Hall–Kier alpha value is -1.80. The predicted molar refractivity (Wildman–Crippen MR) is 84.0 cm³/mol. The molecule has 0 N–H and O–H groups in total. The molecule has 0 saturated heterocycles. The summed E-state index contributed by atoms with van der Waals surface area (Å²) in [6, 6.07) is 15.9. The Kier molecular flexibility index (Phi) is 4.26. The van der Waals surface area contributed by atoms with Crippen molar-refractivity contribution in [2.75, 3.05) is 0 Å². The molecule has 0 bridgehead atoms. The van der Waals surface area contributed by atoms with E-state index in [1.807, 2.05) is 36.4 Å². The molecule has 2 aromatic rings. The molecular formula is C18H17ClO2. The van der Waals surface area contributed by atoms with Gasteiger partial charge in [0, 0.05) is 24.3 Å². The molecule has 0 aliphatic heterocycles. The first-order valence-electron chi connectivity index (χ1n) is 7.21. The number of hydrogen-bond donors (Lipinski definition) is 0. The molecule has 0 aromatic heterocycles. The van der Waals surface area contributed by atoms with Crippen LogP contribution in [0.15, 0.2) is 48.5 Å². The highest BCUT2D eigenvalue weighted by atomic mass is 35.5. The number of carbonyl (C=O) groups is 1. The summed E-state index contributed by atoms with van der Waals surface area (Å²) in [7, 11) is 0. The molecule has 1 unspecified atom stereocenters. The number of carbonyl (C=O) groups excluding carboxylic acids is 1. The fourth-order valence-electron chi connectivity index (χ4n) is 2.68. The summed E-state index contributed by atoms with van der Waals surface area (Å²) in [6.07, 6.45) is 2.75. The molecule has 3 heteroatoms. The number of rotatable bonds is 4. The summed E-state index contributed by atoms with van der Waals surface area (Å²) in [4.78, 5) is 11.4. The van der Waals surface area contributed by atoms with E-state index < -0.39 is 0 Å². The highest BCUT2D eigenvalue weighted by molar-refractivity contribution is 6.30. The second-order valence-electron chi connectivity index (χ2n) is 5.44. The third kappa shape index (κ3) is 3.64. The Labute approximate surface area is 129 Å². The van der Waals surface area contributed by atoms with Crippen molar-refractivity contribution >= 4 is 17.4 Å². The molecule has 0 radical (unpaired) electrons. The van der Waals surface area contributed by atoms with Crippen LogP contribution in [0.5, 0.6) is 5.75 Å². The minimum Gasteiger partial charge on any atom is -0.490 e. The lowest BCUT2D eigenvalue weighted by atomic mass is 10.0. The number of hydrogen-bond acceptors (Lipinski definition) is 2. The van der Waals surface area contributed by atoms with Crippen molar-refractivity contribution in [1.82, 2.24) is 0 Å². The van der Waals surface area contributed by atoms with E-state index in [4.69, 9.17) is 16.3 Å². The van der Waals surface area contributed by atoms with Crippen molar-refractivity contribution < 1.29 is 9.53 Å². The molecule has 1 atom stereocenters. The third-order valence-electron chi connectivity index (χ3n) is 3.75. The van der Waals surface area contributed by atoms with Crippen LogP contribution in [-0.2, 0) is 11.2 Å². The van der Waals surface area contributed by atoms with Crippen molar-refractivity contribution in [1.29, 1.82) is 0 Å². The lowest BCUT2D eigenvalue weighted by Gasteiger charge is -2.16. The van der Waals surface area contributed by atoms with Crippen molar-refractivity contribution in [3.63, 3.8) is 0 Å². The van der Waals surface area contributed by atoms with Crippen molar-refractivity contribution in [2.45, 2.75) is 31.8 Å². The maximum absolute atomic E-state index is 11.4. The van der Waals surface area contributed by atoms with Gasteiger partial charge in [0.25, 0.3) is 0 Å². The van der Waals surface area contributed by atoms with Gasteiger partial charge in [0.05, 0.1) is 0 Å². The average Bonchev–Trinajstić information content (AvgIpc) is 2.88. The van der Waals surface area contributed by atoms with Crippen LogP contribution in [0.1, 0.15) is 30.4 Å². The number of Topliss-reactive ketones (excluding diaryl/α,β-unsaturated/α-hetero) is 1. The summed E-state index contributed by atoms with van der Waals surface area (Å²) in [5.41, 5.74) is 2.28. The molecule has 108 valence electrons. The highest BCUT2D eigenvalue weighted by Gasteiger charge is 2.24. The monoisotopic (exact) mass is 300 g/mol. The third-order valence-corrected chi connectivity index (χ3v) is 3.99. The Morgan fingerprint density at radius 2 is 1.95 bits per heavy atom. The average molecular weight is 301 g/mol. The van der Waals surface area contributed by atoms with Crippen LogP contribution in [0, 0.1) is 0 Å². The standard InChI is InChI=1S/C18H17ClO2/c19-15-6-9-18(21-17-8-7-16(20)12-17)14(11-15)10-13-4-2-1-3-5-13/h1-6,9,11,17H,7-8,10,12H2. The molecule has 21 heavy (non-hydrogen) atoms. The largest absolute Gasteiger partial charge is 0.490 e. The molecule has 1 aliphatic rings. The molecule has 1 saturated carbocycles. The van der Waals surface area contributed by atoms with Crippen molar-refractivity contribution in [3.05, 3.63) is 64.7 Å². The van der Waals surface area contributed by atoms with E-state index in [0.717, 1.165) is 24.2 Å². The van der Waals surface area contributed by atoms with E-state index in [1.54, 1.807) is 0 Å². The van der Waals surface area contributed by atoms with Crippen LogP contribution in [0.4, 0.5) is 0 Å². The van der Waals surface area contributed by atoms with Gasteiger partial charge in [-0.3, -0.25) is 4.79 Å². The zero-order valence-corrected chi connectivity index (χ0v) is 12.5. The molecule has 2 nitrogen and oxygen atoms in total. The second kappa shape index (κ2) is 6.31. The zero-order chi connectivity index (χ0) is 14.7. The van der Waals surface area contributed by atoms with Gasteiger partial charge in [-0.15, -0.1) is 0 Å². The molecule has 0 heterocycles. The van der Waals surface area contributed by atoms with Gasteiger partial charge in [-0.05, 0) is 35.7 Å². The van der Waals surface area contributed by atoms with Gasteiger partial charge < -0.3 is 4.74 Å². The molecule has 0 amide bonds. The summed E-state index contributed by atoms with van der Waals surface area (Å²) in [5, 5.41) is 0.704. The quantitative estimate of drug-likeness (QED) is 0.835. The van der Waals surface area contributed by atoms with Gasteiger partial charge in [-0.25, -0.2) is 0 Å². The normalized spacial score (nSPS) is 18.0. The van der Waals surface area contributed by atoms with Gasteiger partial charge in [0.15, 0.2) is 0 Å².